The van der Waals surface area contributed by atoms with Gasteiger partial charge in [0.05, 0.1) is 11.7 Å². The molecule has 84 valence electrons. The predicted octanol–water partition coefficient (Wildman–Crippen LogP) is 1.56. The Kier molecular flexibility index (Phi) is 3.85. The summed E-state index contributed by atoms with van der Waals surface area (Å²) in [5, 5.41) is 9.79. The normalized spacial score (nSPS) is 13.9. The van der Waals surface area contributed by atoms with Crippen LogP contribution < -0.4 is 5.73 Å². The second-order valence-corrected chi connectivity index (χ2v) is 4.05. The van der Waals surface area contributed by atoms with Crippen LogP contribution in [0.2, 0.25) is 0 Å². The van der Waals surface area contributed by atoms with E-state index in [2.05, 4.69) is 0 Å². The lowest BCUT2D eigenvalue weighted by Gasteiger charge is -2.27. The zero-order valence-corrected chi connectivity index (χ0v) is 9.53. The summed E-state index contributed by atoms with van der Waals surface area (Å²) in [5.41, 5.74) is 6.87. The number of methoxy groups -OCH3 is 1. The molecule has 0 spiro atoms. The fourth-order valence-electron chi connectivity index (χ4n) is 1.57. The molecule has 0 aliphatic rings. The second-order valence-electron chi connectivity index (χ2n) is 4.05. The number of hydrogen-bond acceptors (Lipinski definition) is 3. The average molecular weight is 209 g/mol. The zero-order chi connectivity index (χ0) is 11.5. The Morgan fingerprint density at radius 3 is 2.53 bits per heavy atom. The zero-order valence-electron chi connectivity index (χ0n) is 9.53. The molecule has 1 atom stereocenters. The first-order valence-corrected chi connectivity index (χ1v) is 5.05. The van der Waals surface area contributed by atoms with Crippen LogP contribution in [0.5, 0.6) is 0 Å². The van der Waals surface area contributed by atoms with Gasteiger partial charge in [-0.3, -0.25) is 0 Å². The summed E-state index contributed by atoms with van der Waals surface area (Å²) >= 11 is 0. The quantitative estimate of drug-likeness (QED) is 0.791. The number of nitrogens with two attached hydrogens (primary N) is 1. The predicted molar refractivity (Wildman–Crippen MR) is 60.5 cm³/mol. The highest BCUT2D eigenvalue weighted by Crippen LogP contribution is 2.30. The molecule has 0 amide bonds. The van der Waals surface area contributed by atoms with E-state index in [1.165, 1.54) is 0 Å². The van der Waals surface area contributed by atoms with Crippen LogP contribution in [-0.2, 0) is 10.3 Å². The molecule has 0 aliphatic carbocycles. The van der Waals surface area contributed by atoms with E-state index in [1.54, 1.807) is 7.11 Å². The van der Waals surface area contributed by atoms with E-state index >= 15 is 0 Å². The van der Waals surface area contributed by atoms with Crippen molar-refractivity contribution < 1.29 is 9.84 Å². The van der Waals surface area contributed by atoms with Gasteiger partial charge in [0.25, 0.3) is 0 Å². The number of ether oxygens (including phenoxy) is 1. The Morgan fingerprint density at radius 1 is 1.40 bits per heavy atom. The fourth-order valence-corrected chi connectivity index (χ4v) is 1.57. The van der Waals surface area contributed by atoms with Gasteiger partial charge in [-0.1, -0.05) is 24.3 Å². The van der Waals surface area contributed by atoms with Crippen molar-refractivity contribution in [3.63, 3.8) is 0 Å². The number of hydrogen-bond donors (Lipinski definition) is 2. The molecular formula is C12H19NO2. The molecule has 0 fully saturated rings. The largest absolute Gasteiger partial charge is 0.387 e. The van der Waals surface area contributed by atoms with Crippen molar-refractivity contribution in [3.8, 4) is 0 Å². The van der Waals surface area contributed by atoms with E-state index in [-0.39, 0.29) is 6.54 Å². The molecule has 1 rings (SSSR count). The molecule has 1 unspecified atom stereocenters. The Morgan fingerprint density at radius 2 is 2.00 bits per heavy atom. The van der Waals surface area contributed by atoms with Gasteiger partial charge in [0, 0.05) is 13.7 Å². The van der Waals surface area contributed by atoms with E-state index in [1.807, 2.05) is 38.1 Å². The number of aliphatic hydroxyl groups is 1. The van der Waals surface area contributed by atoms with Crippen LogP contribution in [0, 0.1) is 0 Å². The van der Waals surface area contributed by atoms with Crippen LogP contribution >= 0.6 is 0 Å². The third kappa shape index (κ3) is 2.56. The molecule has 0 saturated heterocycles. The fraction of sp³-hybridized carbons (Fsp3) is 0.500. The molecule has 1 aromatic carbocycles. The van der Waals surface area contributed by atoms with Gasteiger partial charge in [0.15, 0.2) is 0 Å². The van der Waals surface area contributed by atoms with E-state index in [4.69, 9.17) is 10.5 Å². The van der Waals surface area contributed by atoms with Crippen molar-refractivity contribution in [3.05, 3.63) is 35.4 Å². The lowest BCUT2D eigenvalue weighted by atomic mass is 9.90. The summed E-state index contributed by atoms with van der Waals surface area (Å²) in [6.07, 6.45) is -0.629. The molecule has 0 bridgehead atoms. The van der Waals surface area contributed by atoms with Gasteiger partial charge in [-0.15, -0.1) is 0 Å². The van der Waals surface area contributed by atoms with Gasteiger partial charge in [-0.2, -0.15) is 0 Å². The Bertz CT molecular complexity index is 323. The van der Waals surface area contributed by atoms with Crippen molar-refractivity contribution in [2.45, 2.75) is 25.6 Å². The maximum absolute atomic E-state index is 9.79. The molecule has 1 aromatic rings. The minimum atomic E-state index is -0.629. The van der Waals surface area contributed by atoms with Crippen molar-refractivity contribution in [1.82, 2.24) is 0 Å². The highest BCUT2D eigenvalue weighted by Gasteiger charge is 2.24. The van der Waals surface area contributed by atoms with Crippen LogP contribution in [0.25, 0.3) is 0 Å². The van der Waals surface area contributed by atoms with Crippen molar-refractivity contribution in [1.29, 1.82) is 0 Å². The topological polar surface area (TPSA) is 55.5 Å². The first kappa shape index (κ1) is 12.2. The maximum atomic E-state index is 9.79. The van der Waals surface area contributed by atoms with E-state index in [0.717, 1.165) is 11.1 Å². The Labute approximate surface area is 90.9 Å². The second kappa shape index (κ2) is 4.75. The van der Waals surface area contributed by atoms with Crippen LogP contribution in [0.3, 0.4) is 0 Å². The summed E-state index contributed by atoms with van der Waals surface area (Å²) in [6, 6.07) is 7.66. The monoisotopic (exact) mass is 209 g/mol. The van der Waals surface area contributed by atoms with Crippen LogP contribution in [0.4, 0.5) is 0 Å². The first-order valence-electron chi connectivity index (χ1n) is 5.05. The van der Waals surface area contributed by atoms with E-state index in [0.29, 0.717) is 0 Å². The van der Waals surface area contributed by atoms with E-state index in [9.17, 15) is 5.11 Å². The molecule has 0 aliphatic heterocycles. The van der Waals surface area contributed by atoms with Gasteiger partial charge >= 0.3 is 0 Å². The number of rotatable bonds is 4. The first-order chi connectivity index (χ1) is 7.03. The number of aliphatic hydroxyl groups excluding tert-OH is 1. The summed E-state index contributed by atoms with van der Waals surface area (Å²) in [7, 11) is 1.66. The Hall–Kier alpha value is -0.900. The van der Waals surface area contributed by atoms with Crippen molar-refractivity contribution >= 4 is 0 Å². The third-order valence-electron chi connectivity index (χ3n) is 2.70. The maximum Gasteiger partial charge on any atom is 0.0915 e. The molecule has 3 nitrogen and oxygen atoms in total. The highest BCUT2D eigenvalue weighted by atomic mass is 16.5. The molecular weight excluding hydrogens is 190 g/mol. The average Bonchev–Trinajstić information content (AvgIpc) is 2.28. The SMILES string of the molecule is COC(C)(C)c1ccccc1C(O)CN. The van der Waals surface area contributed by atoms with Gasteiger partial charge in [-0.05, 0) is 25.0 Å². The lowest BCUT2D eigenvalue weighted by Crippen LogP contribution is -2.24. The van der Waals surface area contributed by atoms with Gasteiger partial charge in [-0.25, -0.2) is 0 Å². The lowest BCUT2D eigenvalue weighted by molar-refractivity contribution is 0.0164. The van der Waals surface area contributed by atoms with Crippen molar-refractivity contribution in [2.75, 3.05) is 13.7 Å². The Balaban J connectivity index is 3.17. The van der Waals surface area contributed by atoms with Crippen molar-refractivity contribution in [2.24, 2.45) is 5.73 Å². The smallest absolute Gasteiger partial charge is 0.0915 e. The minimum Gasteiger partial charge on any atom is -0.387 e. The van der Waals surface area contributed by atoms with Gasteiger partial charge in [0.2, 0.25) is 0 Å². The van der Waals surface area contributed by atoms with Gasteiger partial charge in [0.1, 0.15) is 0 Å². The standard InChI is InChI=1S/C12H19NO2/c1-12(2,15-3)10-7-5-4-6-9(10)11(14)8-13/h4-7,11,14H,8,13H2,1-3H3. The number of benzene rings is 1. The van der Waals surface area contributed by atoms with Crippen LogP contribution in [0.15, 0.2) is 24.3 Å². The molecule has 3 heteroatoms. The molecule has 3 N–H and O–H groups in total. The van der Waals surface area contributed by atoms with E-state index < -0.39 is 11.7 Å². The van der Waals surface area contributed by atoms with Gasteiger partial charge < -0.3 is 15.6 Å². The molecule has 0 heterocycles. The summed E-state index contributed by atoms with van der Waals surface area (Å²) in [6.45, 7) is 4.15. The summed E-state index contributed by atoms with van der Waals surface area (Å²) in [5.74, 6) is 0. The summed E-state index contributed by atoms with van der Waals surface area (Å²) in [4.78, 5) is 0. The van der Waals surface area contributed by atoms with Crippen LogP contribution in [0.1, 0.15) is 31.1 Å². The highest BCUT2D eigenvalue weighted by molar-refractivity contribution is 5.33. The molecule has 0 saturated carbocycles. The summed E-state index contributed by atoms with van der Waals surface area (Å²) < 4.78 is 5.41. The molecule has 15 heavy (non-hydrogen) atoms. The molecule has 0 radical (unpaired) electrons. The third-order valence-corrected chi connectivity index (χ3v) is 2.70. The van der Waals surface area contributed by atoms with Crippen LogP contribution in [-0.4, -0.2) is 18.8 Å². The molecule has 0 aromatic heterocycles. The minimum absolute atomic E-state index is 0.219.